The van der Waals surface area contributed by atoms with Crippen LogP contribution in [-0.2, 0) is 16.2 Å². The first-order chi connectivity index (χ1) is 70.7. The van der Waals surface area contributed by atoms with E-state index >= 15 is 0 Å². The van der Waals surface area contributed by atoms with Gasteiger partial charge in [-0.2, -0.15) is 0 Å². The molecule has 0 N–H and O–H groups in total. The number of fused-ring (bicyclic) bond motifs is 36. The molecule has 5 aliphatic rings. The Morgan fingerprint density at radius 1 is 0.154 bits per heavy atom. The van der Waals surface area contributed by atoms with Gasteiger partial charge in [-0.05, 0) is 291 Å². The van der Waals surface area contributed by atoms with Gasteiger partial charge < -0.3 is 27.4 Å². The minimum atomic E-state index is -0.360. The predicted molar refractivity (Wildman–Crippen MR) is 594 cm³/mol. The van der Waals surface area contributed by atoms with Crippen molar-refractivity contribution in [2.75, 3.05) is 0 Å². The Balaban J connectivity index is 0.000000102. The van der Waals surface area contributed by atoms with Crippen molar-refractivity contribution in [3.63, 3.8) is 0 Å². The van der Waals surface area contributed by atoms with Crippen LogP contribution in [0.3, 0.4) is 0 Å². The van der Waals surface area contributed by atoms with Crippen molar-refractivity contribution in [3.05, 3.63) is 566 Å². The van der Waals surface area contributed by atoms with Gasteiger partial charge >= 0.3 is 0 Å². The summed E-state index contributed by atoms with van der Waals surface area (Å²) in [7, 11) is 0. The second-order valence-electron chi connectivity index (χ2n) is 39.7. The standard InChI is InChI=1S/2C51H32N2.C35H26N2/c1-2-14-36(15-3-1)52-28-27-35-31-50-43(32-49(35)52)42-20-7-11-24-48(42)53(50)37-16-12-13-33(29-37)34-25-26-41-40-19-6-10-23-46(40)51(47(41)30-34)44-21-8-4-17-38(44)39-18-5-9-22-45(39)51;1-2-12-36(13-3-1)52-29-28-35-31-50-43(32-49(35)52)42-17-7-11-21-48(42)53(50)37-25-22-33(23-26-37)34-24-27-41-40-16-6-10-20-46(40)51(47(41)30-34)44-18-8-4-14-38(44)39-15-5-9-19-45(39)51;1-35(2)29-14-8-6-12-25(29)26-17-16-24(22-30(26)35)37-32-15-9-7-13-27(32)34-28-20-21-36(23-10-4-3-5-11-23)31(28)18-19-33(34)37/h2*1-32H;3-22H,1-2H3. The van der Waals surface area contributed by atoms with E-state index in [1.165, 1.54) is 254 Å². The summed E-state index contributed by atoms with van der Waals surface area (Å²) < 4.78 is 14.2. The second-order valence-corrected chi connectivity index (χ2v) is 39.7. The molecule has 0 unspecified atom stereocenters. The SMILES string of the molecule is CC1(C)c2ccccc2-c2ccc(-n3c4ccccc4c4c5ccn(-c6ccccc6)c5ccc43)cc21.c1ccc(-n2ccc3cc4c(cc32)c2ccccc2n4-c2ccc(-c3ccc4c(c3)C3(c5ccccc5-c5ccccc53)c3ccccc3-4)cc2)cc1.c1ccc(-n2ccc3cc4c(cc32)c2ccccc2n4-c2cccc(-c3ccc4c(c3)C3(c5ccccc5-c5ccccc53)c3ccccc3-4)c2)cc1. The van der Waals surface area contributed by atoms with Crippen molar-refractivity contribution >= 4 is 98.1 Å². The molecule has 21 aromatic carbocycles. The van der Waals surface area contributed by atoms with Crippen LogP contribution in [0.2, 0.25) is 0 Å². The fourth-order valence-electron chi connectivity index (χ4n) is 26.2. The van der Waals surface area contributed by atoms with E-state index in [1.54, 1.807) is 0 Å². The van der Waals surface area contributed by atoms with Crippen LogP contribution in [0.25, 0.3) is 210 Å². The highest BCUT2D eigenvalue weighted by Crippen LogP contribution is 2.66. The predicted octanol–water partition coefficient (Wildman–Crippen LogP) is 34.5. The normalized spacial score (nSPS) is 13.6. The monoisotopic (exact) mass is 1820 g/mol. The number of hydrogen-bond acceptors (Lipinski definition) is 0. The van der Waals surface area contributed by atoms with Crippen LogP contribution in [0.5, 0.6) is 0 Å². The van der Waals surface area contributed by atoms with Gasteiger partial charge in [-0.1, -0.05) is 347 Å². The maximum absolute atomic E-state index is 2.48. The third kappa shape index (κ3) is 11.5. The Morgan fingerprint density at radius 2 is 0.469 bits per heavy atom. The molecule has 668 valence electrons. The number of hydrogen-bond donors (Lipinski definition) is 0. The smallest absolute Gasteiger partial charge is 0.0725 e. The molecule has 0 radical (unpaired) electrons. The number of para-hydroxylation sites is 6. The van der Waals surface area contributed by atoms with E-state index in [2.05, 4.69) is 551 Å². The van der Waals surface area contributed by atoms with Crippen molar-refractivity contribution in [2.24, 2.45) is 0 Å². The molecule has 5 aliphatic carbocycles. The minimum absolute atomic E-state index is 0.0269. The van der Waals surface area contributed by atoms with E-state index in [-0.39, 0.29) is 16.2 Å². The molecular formula is C137H90N6. The molecular weight excluding hydrogens is 1730 g/mol. The zero-order valence-electron chi connectivity index (χ0n) is 78.7. The van der Waals surface area contributed by atoms with Gasteiger partial charge in [0.15, 0.2) is 0 Å². The summed E-state index contributed by atoms with van der Waals surface area (Å²) in [6, 6.07) is 182. The lowest BCUT2D eigenvalue weighted by molar-refractivity contribution is 0.660. The Bertz CT molecular complexity index is 9890. The van der Waals surface area contributed by atoms with Crippen LogP contribution in [0, 0.1) is 0 Å². The van der Waals surface area contributed by atoms with Gasteiger partial charge in [-0.25, -0.2) is 0 Å². The molecule has 32 rings (SSSR count). The van der Waals surface area contributed by atoms with Gasteiger partial charge in [0.1, 0.15) is 0 Å². The highest BCUT2D eigenvalue weighted by Gasteiger charge is 2.54. The Hall–Kier alpha value is -18.4. The van der Waals surface area contributed by atoms with Crippen molar-refractivity contribution in [2.45, 2.75) is 30.1 Å². The molecule has 6 heterocycles. The molecule has 27 aromatic rings. The molecule has 6 heteroatoms. The lowest BCUT2D eigenvalue weighted by atomic mass is 9.70. The first-order valence-corrected chi connectivity index (χ1v) is 49.8. The second kappa shape index (κ2) is 30.8. The maximum Gasteiger partial charge on any atom is 0.0725 e. The van der Waals surface area contributed by atoms with Crippen LogP contribution in [0.1, 0.15) is 69.5 Å². The van der Waals surface area contributed by atoms with Crippen LogP contribution < -0.4 is 0 Å². The Labute approximate surface area is 827 Å². The van der Waals surface area contributed by atoms with E-state index in [1.807, 2.05) is 0 Å². The van der Waals surface area contributed by atoms with Crippen molar-refractivity contribution in [1.82, 2.24) is 27.4 Å². The summed E-state index contributed by atoms with van der Waals surface area (Å²) in [5, 5.41) is 11.4. The highest BCUT2D eigenvalue weighted by molar-refractivity contribution is 6.22. The molecule has 0 amide bonds. The largest absolute Gasteiger partial charge is 0.317 e. The number of nitrogens with zero attached hydrogens (tertiary/aromatic N) is 6. The average molecular weight is 1820 g/mol. The molecule has 0 saturated heterocycles. The van der Waals surface area contributed by atoms with E-state index in [4.69, 9.17) is 0 Å². The Kier molecular flexibility index (Phi) is 17.4. The van der Waals surface area contributed by atoms with Crippen molar-refractivity contribution < 1.29 is 0 Å². The molecule has 0 atom stereocenters. The third-order valence-corrected chi connectivity index (χ3v) is 32.3. The van der Waals surface area contributed by atoms with Gasteiger partial charge in [0.2, 0.25) is 0 Å². The molecule has 6 nitrogen and oxygen atoms in total. The summed E-state index contributed by atoms with van der Waals surface area (Å²) >= 11 is 0. The van der Waals surface area contributed by atoms with E-state index in [0.29, 0.717) is 0 Å². The summed E-state index contributed by atoms with van der Waals surface area (Å²) in [5.41, 5.74) is 49.3. The summed E-state index contributed by atoms with van der Waals surface area (Å²) in [5.74, 6) is 0. The summed E-state index contributed by atoms with van der Waals surface area (Å²) in [6.45, 7) is 4.70. The van der Waals surface area contributed by atoms with Gasteiger partial charge in [-0.3, -0.25) is 0 Å². The van der Waals surface area contributed by atoms with Crippen LogP contribution in [-0.4, -0.2) is 27.4 Å². The summed E-state index contributed by atoms with van der Waals surface area (Å²) in [4.78, 5) is 0. The van der Waals surface area contributed by atoms with Gasteiger partial charge in [0, 0.05) is 107 Å². The topological polar surface area (TPSA) is 29.6 Å². The molecule has 2 spiro atoms. The van der Waals surface area contributed by atoms with Gasteiger partial charge in [0.25, 0.3) is 0 Å². The first kappa shape index (κ1) is 80.7. The Morgan fingerprint density at radius 3 is 0.944 bits per heavy atom. The van der Waals surface area contributed by atoms with Crippen molar-refractivity contribution in [3.8, 4) is 112 Å². The average Bonchev–Trinajstić information content (AvgIpc) is 1.51. The fraction of sp³-hybridized carbons (Fsp3) is 0.0365. The zero-order chi connectivity index (χ0) is 94.1. The van der Waals surface area contributed by atoms with E-state index in [9.17, 15) is 0 Å². The minimum Gasteiger partial charge on any atom is -0.317 e. The van der Waals surface area contributed by atoms with Crippen LogP contribution in [0.15, 0.2) is 510 Å². The van der Waals surface area contributed by atoms with Crippen LogP contribution >= 0.6 is 0 Å². The van der Waals surface area contributed by atoms with E-state index in [0.717, 1.165) is 11.4 Å². The number of rotatable bonds is 8. The quantitative estimate of drug-likeness (QED) is 0.145. The molecule has 6 aromatic heterocycles. The molecule has 0 saturated carbocycles. The van der Waals surface area contributed by atoms with Crippen LogP contribution in [0.4, 0.5) is 0 Å². The molecule has 0 aliphatic heterocycles. The lowest BCUT2D eigenvalue weighted by Crippen LogP contribution is -2.25. The third-order valence-electron chi connectivity index (χ3n) is 32.3. The fourth-order valence-corrected chi connectivity index (χ4v) is 26.2. The molecule has 0 fully saturated rings. The molecule has 143 heavy (non-hydrogen) atoms. The van der Waals surface area contributed by atoms with Crippen molar-refractivity contribution in [1.29, 1.82) is 0 Å². The van der Waals surface area contributed by atoms with E-state index < -0.39 is 0 Å². The number of aromatic nitrogens is 6. The van der Waals surface area contributed by atoms with Gasteiger partial charge in [0.05, 0.1) is 60.5 Å². The zero-order valence-corrected chi connectivity index (χ0v) is 78.7. The number of benzene rings is 21. The van der Waals surface area contributed by atoms with Gasteiger partial charge in [-0.15, -0.1) is 0 Å². The highest BCUT2D eigenvalue weighted by atomic mass is 15.0. The lowest BCUT2D eigenvalue weighted by Gasteiger charge is -2.30. The summed E-state index contributed by atoms with van der Waals surface area (Å²) in [6.07, 6.45) is 6.56. The first-order valence-electron chi connectivity index (χ1n) is 49.8. The maximum atomic E-state index is 2.48. The molecule has 0 bridgehead atoms.